The number of anilines is 1. The van der Waals surface area contributed by atoms with Gasteiger partial charge in [0.2, 0.25) is 0 Å². The number of hydrogen-bond donors (Lipinski definition) is 3. The predicted molar refractivity (Wildman–Crippen MR) is 87.6 cm³/mol. The normalized spacial score (nSPS) is 24.8. The molecule has 1 unspecified atom stereocenters. The van der Waals surface area contributed by atoms with E-state index in [1.165, 1.54) is 32.1 Å². The van der Waals surface area contributed by atoms with Crippen molar-refractivity contribution in [3.63, 3.8) is 0 Å². The molecule has 1 aromatic rings. The Kier molecular flexibility index (Phi) is 3.90. The highest BCUT2D eigenvalue weighted by Gasteiger charge is 2.54. The van der Waals surface area contributed by atoms with Crippen LogP contribution in [0.2, 0.25) is 0 Å². The number of carbonyl (C=O) groups is 2. The molecule has 0 aromatic carbocycles. The summed E-state index contributed by atoms with van der Waals surface area (Å²) in [6.45, 7) is 1.48. The fourth-order valence-corrected chi connectivity index (χ4v) is 4.20. The minimum atomic E-state index is -0.299. The van der Waals surface area contributed by atoms with Gasteiger partial charge in [0.05, 0.1) is 0 Å². The van der Waals surface area contributed by atoms with Crippen LogP contribution in [-0.4, -0.2) is 51.4 Å². The SMILES string of the molecule is O=C(Nc1n[nH]nc1C(=O)N1CCCC1)NC1CC12CCCCC2. The van der Waals surface area contributed by atoms with E-state index >= 15 is 0 Å². The molecule has 2 aliphatic carbocycles. The van der Waals surface area contributed by atoms with Gasteiger partial charge >= 0.3 is 6.03 Å². The Morgan fingerprint density at radius 1 is 1.08 bits per heavy atom. The fourth-order valence-electron chi connectivity index (χ4n) is 4.20. The Bertz CT molecular complexity index is 630. The molecular formula is C16H24N6O2. The van der Waals surface area contributed by atoms with Crippen molar-refractivity contribution >= 4 is 17.8 Å². The number of aromatic nitrogens is 3. The molecule has 1 atom stereocenters. The smallest absolute Gasteiger partial charge is 0.320 e. The van der Waals surface area contributed by atoms with Crippen molar-refractivity contribution in [1.82, 2.24) is 25.6 Å². The number of hydrogen-bond acceptors (Lipinski definition) is 4. The third kappa shape index (κ3) is 2.85. The summed E-state index contributed by atoms with van der Waals surface area (Å²) in [5, 5.41) is 16.0. The van der Waals surface area contributed by atoms with Crippen LogP contribution < -0.4 is 10.6 Å². The van der Waals surface area contributed by atoms with Crippen LogP contribution in [0.4, 0.5) is 10.6 Å². The van der Waals surface area contributed by atoms with E-state index in [1.54, 1.807) is 4.90 Å². The zero-order valence-corrected chi connectivity index (χ0v) is 13.8. The Balaban J connectivity index is 1.35. The summed E-state index contributed by atoms with van der Waals surface area (Å²) in [6, 6.07) is -0.0470. The molecule has 0 radical (unpaired) electrons. The second-order valence-electron chi connectivity index (χ2n) is 7.30. The van der Waals surface area contributed by atoms with Crippen molar-refractivity contribution in [2.45, 2.75) is 57.4 Å². The van der Waals surface area contributed by atoms with E-state index in [1.807, 2.05) is 0 Å². The van der Waals surface area contributed by atoms with Crippen LogP contribution >= 0.6 is 0 Å². The van der Waals surface area contributed by atoms with Crippen LogP contribution in [0.5, 0.6) is 0 Å². The van der Waals surface area contributed by atoms with Crippen LogP contribution in [0.15, 0.2) is 0 Å². The maximum atomic E-state index is 12.4. The molecule has 1 aliphatic heterocycles. The van der Waals surface area contributed by atoms with E-state index in [0.29, 0.717) is 5.41 Å². The quantitative estimate of drug-likeness (QED) is 0.786. The van der Waals surface area contributed by atoms with Gasteiger partial charge in [-0.1, -0.05) is 19.3 Å². The second-order valence-corrected chi connectivity index (χ2v) is 7.30. The molecule has 0 bridgehead atoms. The van der Waals surface area contributed by atoms with E-state index in [-0.39, 0.29) is 29.5 Å². The number of amides is 3. The first-order valence-electron chi connectivity index (χ1n) is 8.95. The lowest BCUT2D eigenvalue weighted by atomic mass is 9.86. The van der Waals surface area contributed by atoms with Gasteiger partial charge in [-0.3, -0.25) is 10.1 Å². The molecule has 1 saturated heterocycles. The number of nitrogens with zero attached hydrogens (tertiary/aromatic N) is 3. The Morgan fingerprint density at radius 2 is 1.83 bits per heavy atom. The van der Waals surface area contributed by atoms with Crippen molar-refractivity contribution in [1.29, 1.82) is 0 Å². The minimum absolute atomic E-state index is 0.174. The van der Waals surface area contributed by atoms with Gasteiger partial charge in [-0.2, -0.15) is 5.21 Å². The highest BCUT2D eigenvalue weighted by Crippen LogP contribution is 2.56. The van der Waals surface area contributed by atoms with Gasteiger partial charge in [0.15, 0.2) is 11.5 Å². The van der Waals surface area contributed by atoms with Gasteiger partial charge in [-0.05, 0) is 37.5 Å². The minimum Gasteiger partial charge on any atom is -0.337 e. The zero-order chi connectivity index (χ0) is 16.6. The van der Waals surface area contributed by atoms with Crippen LogP contribution in [0.1, 0.15) is 61.9 Å². The first-order chi connectivity index (χ1) is 11.7. The lowest BCUT2D eigenvalue weighted by molar-refractivity contribution is 0.0788. The number of aromatic amines is 1. The summed E-state index contributed by atoms with van der Waals surface area (Å²) in [6.07, 6.45) is 9.34. The van der Waals surface area contributed by atoms with Gasteiger partial charge in [-0.25, -0.2) is 4.79 Å². The van der Waals surface area contributed by atoms with E-state index in [2.05, 4.69) is 26.0 Å². The number of likely N-dealkylation sites (tertiary alicyclic amines) is 1. The third-order valence-corrected chi connectivity index (χ3v) is 5.72. The van der Waals surface area contributed by atoms with Crippen LogP contribution in [0, 0.1) is 5.41 Å². The summed E-state index contributed by atoms with van der Waals surface area (Å²) >= 11 is 0. The van der Waals surface area contributed by atoms with Crippen LogP contribution in [0.25, 0.3) is 0 Å². The van der Waals surface area contributed by atoms with E-state index < -0.39 is 0 Å². The molecule has 3 fully saturated rings. The highest BCUT2D eigenvalue weighted by molar-refractivity contribution is 6.00. The summed E-state index contributed by atoms with van der Waals surface area (Å²) in [5.41, 5.74) is 0.517. The maximum absolute atomic E-state index is 12.4. The molecule has 8 nitrogen and oxygen atoms in total. The summed E-state index contributed by atoms with van der Waals surface area (Å²) < 4.78 is 0. The largest absolute Gasteiger partial charge is 0.337 e. The van der Waals surface area contributed by atoms with Gasteiger partial charge in [0, 0.05) is 19.1 Å². The first kappa shape index (κ1) is 15.4. The molecule has 1 aromatic heterocycles. The molecule has 24 heavy (non-hydrogen) atoms. The topological polar surface area (TPSA) is 103 Å². The second kappa shape index (κ2) is 6.07. The Labute approximate surface area is 140 Å². The number of urea groups is 1. The fraction of sp³-hybridized carbons (Fsp3) is 0.750. The lowest BCUT2D eigenvalue weighted by Gasteiger charge is -2.22. The standard InChI is InChI=1S/C16H24N6O2/c23-14(22-8-4-5-9-22)12-13(20-21-19-12)18-15(24)17-11-10-16(11)6-2-1-3-7-16/h11H,1-10H2,(H3,17,18,19,20,21,24). The van der Waals surface area contributed by atoms with Crippen LogP contribution in [-0.2, 0) is 0 Å². The van der Waals surface area contributed by atoms with Crippen molar-refractivity contribution in [2.24, 2.45) is 5.41 Å². The molecule has 2 heterocycles. The summed E-state index contributed by atoms with van der Waals surface area (Å²) in [5.74, 6) is 0.0365. The third-order valence-electron chi connectivity index (χ3n) is 5.72. The Morgan fingerprint density at radius 3 is 2.58 bits per heavy atom. The molecule has 3 N–H and O–H groups in total. The van der Waals surface area contributed by atoms with E-state index in [0.717, 1.165) is 32.4 Å². The number of carbonyl (C=O) groups excluding carboxylic acids is 2. The van der Waals surface area contributed by atoms with Crippen molar-refractivity contribution in [3.05, 3.63) is 5.69 Å². The molecule has 4 rings (SSSR count). The number of H-pyrrole nitrogens is 1. The molecule has 3 amide bonds. The molecule has 1 spiro atoms. The van der Waals surface area contributed by atoms with Crippen molar-refractivity contribution in [3.8, 4) is 0 Å². The van der Waals surface area contributed by atoms with Gasteiger partial charge in [0.1, 0.15) is 0 Å². The van der Waals surface area contributed by atoms with Crippen LogP contribution in [0.3, 0.4) is 0 Å². The van der Waals surface area contributed by atoms with Gasteiger partial charge in [0.25, 0.3) is 5.91 Å². The van der Waals surface area contributed by atoms with E-state index in [4.69, 9.17) is 0 Å². The monoisotopic (exact) mass is 332 g/mol. The number of rotatable bonds is 3. The summed E-state index contributed by atoms with van der Waals surface area (Å²) in [4.78, 5) is 26.4. The molecular weight excluding hydrogens is 308 g/mol. The lowest BCUT2D eigenvalue weighted by Crippen LogP contribution is -2.35. The molecule has 8 heteroatoms. The maximum Gasteiger partial charge on any atom is 0.320 e. The van der Waals surface area contributed by atoms with Gasteiger partial charge in [-0.15, -0.1) is 10.2 Å². The average Bonchev–Trinajstić information content (AvgIpc) is 3.03. The van der Waals surface area contributed by atoms with E-state index in [9.17, 15) is 9.59 Å². The average molecular weight is 332 g/mol. The molecule has 3 aliphatic rings. The molecule has 2 saturated carbocycles. The van der Waals surface area contributed by atoms with Gasteiger partial charge < -0.3 is 10.2 Å². The predicted octanol–water partition coefficient (Wildman–Crippen LogP) is 1.88. The highest BCUT2D eigenvalue weighted by atomic mass is 16.2. The summed E-state index contributed by atoms with van der Waals surface area (Å²) in [7, 11) is 0. The molecule has 130 valence electrons. The number of nitrogens with one attached hydrogen (secondary N) is 3. The zero-order valence-electron chi connectivity index (χ0n) is 13.8. The first-order valence-corrected chi connectivity index (χ1v) is 8.95. The Hall–Kier alpha value is -2.12. The van der Waals surface area contributed by atoms with Crippen molar-refractivity contribution in [2.75, 3.05) is 18.4 Å². The van der Waals surface area contributed by atoms with Crippen molar-refractivity contribution < 1.29 is 9.59 Å².